The van der Waals surface area contributed by atoms with E-state index in [9.17, 15) is 4.79 Å². The molecular formula is C15H18ClIO. The van der Waals surface area contributed by atoms with E-state index in [1.807, 2.05) is 18.2 Å². The molecule has 1 aromatic carbocycles. The first-order valence-corrected chi connectivity index (χ1v) is 7.94. The van der Waals surface area contributed by atoms with Crippen LogP contribution in [0, 0.1) is 21.3 Å². The van der Waals surface area contributed by atoms with Gasteiger partial charge in [0.05, 0.1) is 5.02 Å². The molecule has 0 amide bonds. The monoisotopic (exact) mass is 376 g/mol. The van der Waals surface area contributed by atoms with E-state index in [0.717, 1.165) is 34.3 Å². The third-order valence-electron chi connectivity index (χ3n) is 4.17. The van der Waals surface area contributed by atoms with Crippen LogP contribution in [0.5, 0.6) is 0 Å². The zero-order chi connectivity index (χ0) is 13.3. The summed E-state index contributed by atoms with van der Waals surface area (Å²) < 4.78 is 0.997. The minimum Gasteiger partial charge on any atom is -0.294 e. The van der Waals surface area contributed by atoms with E-state index >= 15 is 0 Å². The van der Waals surface area contributed by atoms with Gasteiger partial charge in [-0.05, 0) is 65.8 Å². The van der Waals surface area contributed by atoms with E-state index in [-0.39, 0.29) is 11.7 Å². The van der Waals surface area contributed by atoms with Gasteiger partial charge in [0, 0.05) is 15.1 Å². The Bertz CT molecular complexity index is 458. The highest BCUT2D eigenvalue weighted by Crippen LogP contribution is 2.35. The van der Waals surface area contributed by atoms with Gasteiger partial charge in [-0.15, -0.1) is 0 Å². The van der Waals surface area contributed by atoms with Gasteiger partial charge in [0.25, 0.3) is 0 Å². The molecule has 0 N–H and O–H groups in total. The van der Waals surface area contributed by atoms with E-state index < -0.39 is 0 Å². The van der Waals surface area contributed by atoms with Crippen LogP contribution in [0.25, 0.3) is 0 Å². The highest BCUT2D eigenvalue weighted by atomic mass is 127. The lowest BCUT2D eigenvalue weighted by molar-refractivity contribution is 0.0837. The molecule has 3 unspecified atom stereocenters. The number of hydrogen-bond donors (Lipinski definition) is 0. The number of benzene rings is 1. The molecule has 1 aliphatic carbocycles. The smallest absolute Gasteiger partial charge is 0.166 e. The molecule has 1 fully saturated rings. The summed E-state index contributed by atoms with van der Waals surface area (Å²) in [4.78, 5) is 12.5. The lowest BCUT2D eigenvalue weighted by Crippen LogP contribution is -2.26. The van der Waals surface area contributed by atoms with Crippen LogP contribution in [-0.2, 0) is 0 Å². The molecule has 3 atom stereocenters. The number of rotatable bonds is 2. The largest absolute Gasteiger partial charge is 0.294 e. The fourth-order valence-corrected chi connectivity index (χ4v) is 3.19. The van der Waals surface area contributed by atoms with E-state index in [1.54, 1.807) is 0 Å². The second-order valence-corrected chi connectivity index (χ2v) is 7.03. The van der Waals surface area contributed by atoms with Gasteiger partial charge in [-0.3, -0.25) is 4.79 Å². The standard InChI is InChI=1S/C15H18ClIO/c1-9-3-4-11(7-10(9)2)15(18)12-5-6-14(17)13(16)8-12/h5-6,8-11H,3-4,7H2,1-2H3. The van der Waals surface area contributed by atoms with Crippen LogP contribution in [0.15, 0.2) is 18.2 Å². The Morgan fingerprint density at radius 2 is 2.00 bits per heavy atom. The second-order valence-electron chi connectivity index (χ2n) is 5.46. The average molecular weight is 377 g/mol. The Morgan fingerprint density at radius 1 is 1.28 bits per heavy atom. The van der Waals surface area contributed by atoms with Crippen LogP contribution in [-0.4, -0.2) is 5.78 Å². The molecule has 0 heterocycles. The van der Waals surface area contributed by atoms with Crippen LogP contribution in [0.1, 0.15) is 43.5 Å². The molecule has 1 saturated carbocycles. The minimum absolute atomic E-state index is 0.187. The Hall–Kier alpha value is -0.0900. The van der Waals surface area contributed by atoms with Crippen molar-refractivity contribution < 1.29 is 4.79 Å². The first-order chi connectivity index (χ1) is 8.49. The van der Waals surface area contributed by atoms with Crippen molar-refractivity contribution in [1.82, 2.24) is 0 Å². The van der Waals surface area contributed by atoms with Crippen LogP contribution in [0.3, 0.4) is 0 Å². The minimum atomic E-state index is 0.187. The molecule has 3 heteroatoms. The van der Waals surface area contributed by atoms with Crippen molar-refractivity contribution in [3.8, 4) is 0 Å². The number of carbonyl (C=O) groups is 1. The lowest BCUT2D eigenvalue weighted by atomic mass is 9.73. The van der Waals surface area contributed by atoms with Gasteiger partial charge in [0.15, 0.2) is 5.78 Å². The maximum Gasteiger partial charge on any atom is 0.166 e. The lowest BCUT2D eigenvalue weighted by Gasteiger charge is -2.31. The molecule has 0 saturated heterocycles. The van der Waals surface area contributed by atoms with Crippen molar-refractivity contribution >= 4 is 40.0 Å². The molecule has 1 aliphatic rings. The van der Waals surface area contributed by atoms with Crippen LogP contribution >= 0.6 is 34.2 Å². The van der Waals surface area contributed by atoms with E-state index in [2.05, 4.69) is 36.4 Å². The predicted molar refractivity (Wildman–Crippen MR) is 84.2 cm³/mol. The first-order valence-electron chi connectivity index (χ1n) is 6.48. The Morgan fingerprint density at radius 3 is 2.61 bits per heavy atom. The molecule has 98 valence electrons. The molecular weight excluding hydrogens is 359 g/mol. The van der Waals surface area contributed by atoms with Crippen molar-refractivity contribution in [3.05, 3.63) is 32.4 Å². The zero-order valence-electron chi connectivity index (χ0n) is 10.7. The first kappa shape index (κ1) is 14.3. The number of ketones is 1. The Balaban J connectivity index is 2.14. The van der Waals surface area contributed by atoms with Gasteiger partial charge in [0.1, 0.15) is 0 Å². The highest BCUT2D eigenvalue weighted by molar-refractivity contribution is 14.1. The summed E-state index contributed by atoms with van der Waals surface area (Å²) in [7, 11) is 0. The maximum atomic E-state index is 12.5. The van der Waals surface area contributed by atoms with Gasteiger partial charge in [0.2, 0.25) is 0 Å². The number of halogens is 2. The molecule has 0 radical (unpaired) electrons. The molecule has 18 heavy (non-hydrogen) atoms. The van der Waals surface area contributed by atoms with E-state index in [4.69, 9.17) is 11.6 Å². The summed E-state index contributed by atoms with van der Waals surface area (Å²) in [6.45, 7) is 4.54. The van der Waals surface area contributed by atoms with Gasteiger partial charge in [-0.2, -0.15) is 0 Å². The average Bonchev–Trinajstić information content (AvgIpc) is 2.35. The third kappa shape index (κ3) is 3.08. The summed E-state index contributed by atoms with van der Waals surface area (Å²) in [5.74, 6) is 1.85. The van der Waals surface area contributed by atoms with Gasteiger partial charge >= 0.3 is 0 Å². The van der Waals surface area contributed by atoms with Crippen LogP contribution < -0.4 is 0 Å². The maximum absolute atomic E-state index is 12.5. The van der Waals surface area contributed by atoms with Crippen LogP contribution in [0.2, 0.25) is 5.02 Å². The van der Waals surface area contributed by atoms with E-state index in [1.165, 1.54) is 0 Å². The molecule has 0 aromatic heterocycles. The second kappa shape index (κ2) is 5.91. The molecule has 1 nitrogen and oxygen atoms in total. The zero-order valence-corrected chi connectivity index (χ0v) is 13.7. The van der Waals surface area contributed by atoms with Crippen LogP contribution in [0.4, 0.5) is 0 Å². The predicted octanol–water partition coefficient (Wildman–Crippen LogP) is 5.20. The fraction of sp³-hybridized carbons (Fsp3) is 0.533. The van der Waals surface area contributed by atoms with E-state index in [0.29, 0.717) is 10.9 Å². The summed E-state index contributed by atoms with van der Waals surface area (Å²) >= 11 is 8.27. The molecule has 0 spiro atoms. The highest BCUT2D eigenvalue weighted by Gasteiger charge is 2.29. The molecule has 0 aliphatic heterocycles. The van der Waals surface area contributed by atoms with Crippen molar-refractivity contribution in [2.45, 2.75) is 33.1 Å². The third-order valence-corrected chi connectivity index (χ3v) is 5.75. The topological polar surface area (TPSA) is 17.1 Å². The Labute approximate surface area is 127 Å². The summed E-state index contributed by atoms with van der Waals surface area (Å²) in [6, 6.07) is 5.64. The molecule has 1 aromatic rings. The van der Waals surface area contributed by atoms with Crippen molar-refractivity contribution in [2.24, 2.45) is 17.8 Å². The number of carbonyl (C=O) groups excluding carboxylic acids is 1. The molecule has 0 bridgehead atoms. The quantitative estimate of drug-likeness (QED) is 0.512. The number of hydrogen-bond acceptors (Lipinski definition) is 1. The number of Topliss-reactive ketones (excluding diaryl/α,β-unsaturated/α-hetero) is 1. The van der Waals surface area contributed by atoms with Crippen molar-refractivity contribution in [2.75, 3.05) is 0 Å². The van der Waals surface area contributed by atoms with Gasteiger partial charge in [-0.25, -0.2) is 0 Å². The van der Waals surface area contributed by atoms with Gasteiger partial charge in [-0.1, -0.05) is 31.5 Å². The summed E-state index contributed by atoms with van der Waals surface area (Å²) in [5.41, 5.74) is 0.771. The molecule has 2 rings (SSSR count). The Kier molecular flexibility index (Phi) is 4.70. The summed E-state index contributed by atoms with van der Waals surface area (Å²) in [6.07, 6.45) is 3.20. The normalized spacial score (nSPS) is 28.1. The fourth-order valence-electron chi connectivity index (χ4n) is 2.67. The SMILES string of the molecule is CC1CCC(C(=O)c2ccc(I)c(Cl)c2)CC1C. The van der Waals surface area contributed by atoms with Crippen molar-refractivity contribution in [3.63, 3.8) is 0 Å². The van der Waals surface area contributed by atoms with Gasteiger partial charge < -0.3 is 0 Å². The van der Waals surface area contributed by atoms with Crippen molar-refractivity contribution in [1.29, 1.82) is 0 Å². The summed E-state index contributed by atoms with van der Waals surface area (Å²) in [5, 5.41) is 0.679.